The van der Waals surface area contributed by atoms with Crippen LogP contribution in [0.15, 0.2) is 0 Å². The average Bonchev–Trinajstić information content (AvgIpc) is 2.37. The molecule has 2 fully saturated rings. The van der Waals surface area contributed by atoms with Gasteiger partial charge in [-0.25, -0.2) is 0 Å². The first-order valence-corrected chi connectivity index (χ1v) is 8.04. The minimum Gasteiger partial charge on any atom is -0.389 e. The van der Waals surface area contributed by atoms with Crippen LogP contribution in [0.1, 0.15) is 65.7 Å². The third kappa shape index (κ3) is 4.17. The molecule has 0 aromatic rings. The highest BCUT2D eigenvalue weighted by atomic mass is 16.5. The lowest BCUT2D eigenvalue weighted by molar-refractivity contribution is -0.0826. The Hall–Kier alpha value is -0.120. The van der Waals surface area contributed by atoms with E-state index in [0.717, 1.165) is 45.3 Å². The van der Waals surface area contributed by atoms with Crippen molar-refractivity contribution in [2.75, 3.05) is 13.2 Å². The van der Waals surface area contributed by atoms with Gasteiger partial charge in [0, 0.05) is 19.2 Å². The van der Waals surface area contributed by atoms with E-state index in [1.807, 2.05) is 0 Å². The molecule has 0 aromatic carbocycles. The lowest BCUT2D eigenvalue weighted by atomic mass is 9.78. The molecule has 2 aliphatic rings. The summed E-state index contributed by atoms with van der Waals surface area (Å²) < 4.78 is 5.88. The summed E-state index contributed by atoms with van der Waals surface area (Å²) in [6, 6.07) is 0.500. The largest absolute Gasteiger partial charge is 0.389 e. The SMILES string of the molecule is CCC1(C)CC(NCC2(O)CCCC(C)C2)CCO1. The summed E-state index contributed by atoms with van der Waals surface area (Å²) in [6.07, 6.45) is 7.54. The van der Waals surface area contributed by atoms with E-state index in [-0.39, 0.29) is 5.60 Å². The van der Waals surface area contributed by atoms with Gasteiger partial charge in [0.05, 0.1) is 11.2 Å². The van der Waals surface area contributed by atoms with Gasteiger partial charge in [0.15, 0.2) is 0 Å². The number of rotatable bonds is 4. The van der Waals surface area contributed by atoms with Crippen molar-refractivity contribution in [3.63, 3.8) is 0 Å². The van der Waals surface area contributed by atoms with Crippen molar-refractivity contribution in [1.29, 1.82) is 0 Å². The standard InChI is InChI=1S/C16H31NO2/c1-4-15(3)11-14(7-9-19-15)17-12-16(18)8-5-6-13(2)10-16/h13-14,17-18H,4-12H2,1-3H3. The molecule has 0 aromatic heterocycles. The fourth-order valence-corrected chi connectivity index (χ4v) is 3.68. The van der Waals surface area contributed by atoms with Crippen molar-refractivity contribution in [3.05, 3.63) is 0 Å². The van der Waals surface area contributed by atoms with E-state index in [4.69, 9.17) is 4.74 Å². The summed E-state index contributed by atoms with van der Waals surface area (Å²) in [6.45, 7) is 8.25. The molecule has 1 aliphatic heterocycles. The molecule has 3 heteroatoms. The van der Waals surface area contributed by atoms with Crippen LogP contribution in [0.25, 0.3) is 0 Å². The number of hydrogen-bond donors (Lipinski definition) is 2. The fraction of sp³-hybridized carbons (Fsp3) is 1.00. The van der Waals surface area contributed by atoms with E-state index in [9.17, 15) is 5.11 Å². The molecule has 1 heterocycles. The van der Waals surface area contributed by atoms with Gasteiger partial charge in [-0.2, -0.15) is 0 Å². The first kappa shape index (κ1) is 15.3. The number of hydrogen-bond acceptors (Lipinski definition) is 3. The molecule has 0 radical (unpaired) electrons. The summed E-state index contributed by atoms with van der Waals surface area (Å²) in [5, 5.41) is 14.3. The van der Waals surface area contributed by atoms with Gasteiger partial charge >= 0.3 is 0 Å². The quantitative estimate of drug-likeness (QED) is 0.824. The van der Waals surface area contributed by atoms with E-state index < -0.39 is 5.60 Å². The third-order valence-corrected chi connectivity index (χ3v) is 5.13. The van der Waals surface area contributed by atoms with E-state index in [2.05, 4.69) is 26.1 Å². The second-order valence-corrected chi connectivity index (χ2v) is 7.15. The normalized spacial score (nSPS) is 44.2. The summed E-state index contributed by atoms with van der Waals surface area (Å²) >= 11 is 0. The second kappa shape index (κ2) is 6.11. The predicted octanol–water partition coefficient (Wildman–Crippen LogP) is 2.86. The summed E-state index contributed by atoms with van der Waals surface area (Å²) in [4.78, 5) is 0. The third-order valence-electron chi connectivity index (χ3n) is 5.13. The second-order valence-electron chi connectivity index (χ2n) is 7.15. The molecule has 112 valence electrons. The molecule has 0 spiro atoms. The maximum Gasteiger partial charge on any atom is 0.0774 e. The van der Waals surface area contributed by atoms with Gasteiger partial charge in [-0.05, 0) is 44.9 Å². The van der Waals surface area contributed by atoms with Gasteiger partial charge in [-0.1, -0.05) is 26.7 Å². The van der Waals surface area contributed by atoms with Crippen molar-refractivity contribution in [2.45, 2.75) is 83.0 Å². The highest BCUT2D eigenvalue weighted by Gasteiger charge is 2.35. The summed E-state index contributed by atoms with van der Waals surface area (Å²) in [7, 11) is 0. The van der Waals surface area contributed by atoms with Crippen LogP contribution in [0.4, 0.5) is 0 Å². The highest BCUT2D eigenvalue weighted by molar-refractivity contribution is 4.91. The maximum absolute atomic E-state index is 10.7. The van der Waals surface area contributed by atoms with Crippen LogP contribution in [-0.4, -0.2) is 35.5 Å². The van der Waals surface area contributed by atoms with Crippen LogP contribution >= 0.6 is 0 Å². The van der Waals surface area contributed by atoms with Crippen LogP contribution in [0.3, 0.4) is 0 Å². The zero-order chi connectivity index (χ0) is 13.9. The van der Waals surface area contributed by atoms with Crippen molar-refractivity contribution < 1.29 is 9.84 Å². The maximum atomic E-state index is 10.7. The van der Waals surface area contributed by atoms with Gasteiger partial charge in [0.25, 0.3) is 0 Å². The first-order chi connectivity index (χ1) is 8.95. The molecule has 1 aliphatic carbocycles. The molecule has 2 rings (SSSR count). The molecule has 19 heavy (non-hydrogen) atoms. The number of aliphatic hydroxyl groups is 1. The van der Waals surface area contributed by atoms with E-state index in [1.54, 1.807) is 0 Å². The van der Waals surface area contributed by atoms with Crippen LogP contribution in [0, 0.1) is 5.92 Å². The molecule has 0 amide bonds. The van der Waals surface area contributed by atoms with Crippen molar-refractivity contribution in [1.82, 2.24) is 5.32 Å². The van der Waals surface area contributed by atoms with Gasteiger partial charge in [-0.3, -0.25) is 0 Å². The van der Waals surface area contributed by atoms with Crippen molar-refractivity contribution in [3.8, 4) is 0 Å². The fourth-order valence-electron chi connectivity index (χ4n) is 3.68. The smallest absolute Gasteiger partial charge is 0.0774 e. The molecule has 1 saturated heterocycles. The zero-order valence-corrected chi connectivity index (χ0v) is 12.9. The molecule has 0 bridgehead atoms. The van der Waals surface area contributed by atoms with Crippen molar-refractivity contribution >= 4 is 0 Å². The molecular formula is C16H31NO2. The summed E-state index contributed by atoms with van der Waals surface area (Å²) in [5.41, 5.74) is -0.447. The molecule has 2 N–H and O–H groups in total. The number of ether oxygens (including phenoxy) is 1. The van der Waals surface area contributed by atoms with Crippen LogP contribution < -0.4 is 5.32 Å². The Morgan fingerprint density at radius 2 is 2.11 bits per heavy atom. The Morgan fingerprint density at radius 1 is 1.32 bits per heavy atom. The Balaban J connectivity index is 1.81. The Morgan fingerprint density at radius 3 is 2.79 bits per heavy atom. The summed E-state index contributed by atoms with van der Waals surface area (Å²) in [5.74, 6) is 0.663. The lowest BCUT2D eigenvalue weighted by Gasteiger charge is -2.41. The topological polar surface area (TPSA) is 41.5 Å². The minimum atomic E-state index is -0.474. The molecule has 1 saturated carbocycles. The lowest BCUT2D eigenvalue weighted by Crippen LogP contribution is -2.51. The van der Waals surface area contributed by atoms with E-state index >= 15 is 0 Å². The van der Waals surface area contributed by atoms with Gasteiger partial charge in [0.2, 0.25) is 0 Å². The van der Waals surface area contributed by atoms with E-state index in [0.29, 0.717) is 12.0 Å². The monoisotopic (exact) mass is 269 g/mol. The molecule has 4 unspecified atom stereocenters. The van der Waals surface area contributed by atoms with Crippen LogP contribution in [0.2, 0.25) is 0 Å². The molecular weight excluding hydrogens is 238 g/mol. The van der Waals surface area contributed by atoms with Gasteiger partial charge in [0.1, 0.15) is 0 Å². The average molecular weight is 269 g/mol. The Labute approximate surface area is 118 Å². The highest BCUT2D eigenvalue weighted by Crippen LogP contribution is 2.33. The molecule has 3 nitrogen and oxygen atoms in total. The first-order valence-electron chi connectivity index (χ1n) is 8.04. The van der Waals surface area contributed by atoms with Crippen LogP contribution in [-0.2, 0) is 4.74 Å². The Bertz CT molecular complexity index is 296. The Kier molecular flexibility index (Phi) is 4.91. The molecule has 4 atom stereocenters. The van der Waals surface area contributed by atoms with Gasteiger partial charge in [-0.15, -0.1) is 0 Å². The van der Waals surface area contributed by atoms with Crippen molar-refractivity contribution in [2.24, 2.45) is 5.92 Å². The number of nitrogens with one attached hydrogen (secondary N) is 1. The van der Waals surface area contributed by atoms with E-state index in [1.165, 1.54) is 12.8 Å². The van der Waals surface area contributed by atoms with Gasteiger partial charge < -0.3 is 15.2 Å². The zero-order valence-electron chi connectivity index (χ0n) is 12.9. The van der Waals surface area contributed by atoms with Crippen LogP contribution in [0.5, 0.6) is 0 Å². The minimum absolute atomic E-state index is 0.0262. The predicted molar refractivity (Wildman–Crippen MR) is 78.3 cm³/mol.